The van der Waals surface area contributed by atoms with Crippen LogP contribution in [0.15, 0.2) is 53.9 Å². The molecule has 114 valence electrons. The van der Waals surface area contributed by atoms with Crippen LogP contribution in [-0.4, -0.2) is 16.6 Å². The van der Waals surface area contributed by atoms with E-state index in [1.807, 2.05) is 0 Å². The van der Waals surface area contributed by atoms with E-state index in [0.29, 0.717) is 5.56 Å². The molecule has 0 saturated heterocycles. The lowest BCUT2D eigenvalue weighted by molar-refractivity contribution is -0.137. The number of halogens is 3. The molecule has 1 amide bonds. The van der Waals surface area contributed by atoms with Crippen LogP contribution in [0.3, 0.4) is 0 Å². The molecule has 0 spiro atoms. The quantitative estimate of drug-likeness (QED) is 0.699. The molecule has 2 aromatic rings. The Morgan fingerprint density at radius 3 is 2.55 bits per heavy atom. The maximum atomic E-state index is 12.7. The lowest BCUT2D eigenvalue weighted by Crippen LogP contribution is -2.19. The number of rotatable bonds is 3. The van der Waals surface area contributed by atoms with E-state index in [9.17, 15) is 18.0 Å². The van der Waals surface area contributed by atoms with Crippen LogP contribution < -0.4 is 5.43 Å². The van der Waals surface area contributed by atoms with Crippen molar-refractivity contribution < 1.29 is 18.0 Å². The number of pyridine rings is 1. The molecular weight excluding hydrogens is 295 g/mol. The van der Waals surface area contributed by atoms with Gasteiger partial charge in [0.2, 0.25) is 0 Å². The summed E-state index contributed by atoms with van der Waals surface area (Å²) in [6.45, 7) is 1.51. The Morgan fingerprint density at radius 2 is 1.91 bits per heavy atom. The number of nitrogens with zero attached hydrogens (tertiary/aromatic N) is 2. The highest BCUT2D eigenvalue weighted by Gasteiger charge is 2.30. The number of hydrogen-bond acceptors (Lipinski definition) is 3. The molecule has 0 unspecified atom stereocenters. The zero-order valence-corrected chi connectivity index (χ0v) is 11.6. The predicted molar refractivity (Wildman–Crippen MR) is 75.4 cm³/mol. The fraction of sp³-hybridized carbons (Fsp3) is 0.133. The summed E-state index contributed by atoms with van der Waals surface area (Å²) < 4.78 is 38.0. The van der Waals surface area contributed by atoms with Crippen LogP contribution in [0.1, 0.15) is 28.4 Å². The highest BCUT2D eigenvalue weighted by Crippen LogP contribution is 2.29. The summed E-state index contributed by atoms with van der Waals surface area (Å²) in [4.78, 5) is 15.6. The van der Waals surface area contributed by atoms with Crippen molar-refractivity contribution in [1.29, 1.82) is 0 Å². The number of carbonyl (C=O) groups excluding carboxylic acids is 1. The van der Waals surface area contributed by atoms with Crippen LogP contribution >= 0.6 is 0 Å². The molecule has 0 aliphatic rings. The molecule has 0 aliphatic carbocycles. The fourth-order valence-electron chi connectivity index (χ4n) is 1.68. The van der Waals surface area contributed by atoms with E-state index >= 15 is 0 Å². The van der Waals surface area contributed by atoms with E-state index in [-0.39, 0.29) is 11.3 Å². The maximum Gasteiger partial charge on any atom is 0.416 e. The molecule has 22 heavy (non-hydrogen) atoms. The van der Waals surface area contributed by atoms with E-state index in [1.54, 1.807) is 12.1 Å². The van der Waals surface area contributed by atoms with Gasteiger partial charge < -0.3 is 0 Å². The lowest BCUT2D eigenvalue weighted by atomic mass is 10.1. The Labute approximate surface area is 124 Å². The smallest absolute Gasteiger partial charge is 0.267 e. The zero-order chi connectivity index (χ0) is 16.2. The number of amides is 1. The van der Waals surface area contributed by atoms with Crippen molar-refractivity contribution in [2.24, 2.45) is 5.10 Å². The Kier molecular flexibility index (Phi) is 4.55. The van der Waals surface area contributed by atoms with Gasteiger partial charge in [0.15, 0.2) is 0 Å². The topological polar surface area (TPSA) is 54.4 Å². The predicted octanol–water partition coefficient (Wildman–Crippen LogP) is 3.25. The molecule has 0 aliphatic heterocycles. The van der Waals surface area contributed by atoms with Gasteiger partial charge in [0, 0.05) is 12.4 Å². The molecule has 1 aromatic heterocycles. The van der Waals surface area contributed by atoms with Crippen molar-refractivity contribution in [2.45, 2.75) is 13.1 Å². The maximum absolute atomic E-state index is 12.7. The number of hydrazone groups is 1. The first kappa shape index (κ1) is 15.7. The fourth-order valence-corrected chi connectivity index (χ4v) is 1.68. The normalized spacial score (nSPS) is 12.1. The largest absolute Gasteiger partial charge is 0.416 e. The van der Waals surface area contributed by atoms with E-state index in [2.05, 4.69) is 15.5 Å². The minimum absolute atomic E-state index is 0.267. The van der Waals surface area contributed by atoms with Crippen LogP contribution in [0.25, 0.3) is 0 Å². The summed E-state index contributed by atoms with van der Waals surface area (Å²) >= 11 is 0. The highest BCUT2D eigenvalue weighted by molar-refractivity contribution is 6.00. The van der Waals surface area contributed by atoms with Gasteiger partial charge in [0.1, 0.15) is 0 Å². The Bertz CT molecular complexity index is 697. The SMILES string of the molecule is C/C(=N/NC(=O)c1cccnc1)c1cccc(C(F)(F)F)c1. The van der Waals surface area contributed by atoms with E-state index in [0.717, 1.165) is 12.1 Å². The summed E-state index contributed by atoms with van der Waals surface area (Å²) in [5, 5.41) is 3.82. The molecule has 1 aromatic carbocycles. The third kappa shape index (κ3) is 3.91. The van der Waals surface area contributed by atoms with Crippen molar-refractivity contribution in [3.8, 4) is 0 Å². The minimum Gasteiger partial charge on any atom is -0.267 e. The number of carbonyl (C=O) groups is 1. The van der Waals surface area contributed by atoms with Crippen molar-refractivity contribution in [3.05, 3.63) is 65.5 Å². The van der Waals surface area contributed by atoms with Crippen molar-refractivity contribution in [3.63, 3.8) is 0 Å². The summed E-state index contributed by atoms with van der Waals surface area (Å²) in [6.07, 6.45) is -1.53. The van der Waals surface area contributed by atoms with Gasteiger partial charge in [-0.3, -0.25) is 9.78 Å². The van der Waals surface area contributed by atoms with E-state index in [4.69, 9.17) is 0 Å². The molecule has 0 fully saturated rings. The van der Waals surface area contributed by atoms with Gasteiger partial charge >= 0.3 is 6.18 Å². The van der Waals surface area contributed by atoms with Gasteiger partial charge in [-0.25, -0.2) is 5.43 Å². The van der Waals surface area contributed by atoms with Crippen molar-refractivity contribution >= 4 is 11.6 Å². The summed E-state index contributed by atoms with van der Waals surface area (Å²) in [5.41, 5.74) is 2.37. The average molecular weight is 307 g/mol. The molecule has 0 saturated carbocycles. The molecule has 0 radical (unpaired) electrons. The third-order valence-electron chi connectivity index (χ3n) is 2.86. The second kappa shape index (κ2) is 6.38. The number of benzene rings is 1. The highest BCUT2D eigenvalue weighted by atomic mass is 19.4. The molecule has 2 rings (SSSR count). The minimum atomic E-state index is -4.42. The van der Waals surface area contributed by atoms with Crippen LogP contribution in [0.4, 0.5) is 13.2 Å². The number of nitrogens with one attached hydrogen (secondary N) is 1. The van der Waals surface area contributed by atoms with Gasteiger partial charge in [-0.05, 0) is 36.8 Å². The van der Waals surface area contributed by atoms with Crippen molar-refractivity contribution in [1.82, 2.24) is 10.4 Å². The average Bonchev–Trinajstić information content (AvgIpc) is 2.52. The Hall–Kier alpha value is -2.70. The first-order valence-electron chi connectivity index (χ1n) is 6.30. The van der Waals surface area contributed by atoms with Gasteiger partial charge in [-0.1, -0.05) is 12.1 Å². The molecule has 1 heterocycles. The molecule has 0 bridgehead atoms. The molecule has 7 heteroatoms. The third-order valence-corrected chi connectivity index (χ3v) is 2.86. The van der Waals surface area contributed by atoms with Gasteiger partial charge in [-0.15, -0.1) is 0 Å². The second-order valence-electron chi connectivity index (χ2n) is 4.46. The van der Waals surface area contributed by atoms with Crippen LogP contribution in [-0.2, 0) is 6.18 Å². The van der Waals surface area contributed by atoms with Gasteiger partial charge in [0.25, 0.3) is 5.91 Å². The molecule has 1 N–H and O–H groups in total. The van der Waals surface area contributed by atoms with Crippen LogP contribution in [0.2, 0.25) is 0 Å². The monoisotopic (exact) mass is 307 g/mol. The second-order valence-corrected chi connectivity index (χ2v) is 4.46. The number of alkyl halides is 3. The number of aromatic nitrogens is 1. The summed E-state index contributed by atoms with van der Waals surface area (Å²) in [6, 6.07) is 7.89. The van der Waals surface area contributed by atoms with Gasteiger partial charge in [-0.2, -0.15) is 18.3 Å². The van der Waals surface area contributed by atoms with E-state index < -0.39 is 17.6 Å². The zero-order valence-electron chi connectivity index (χ0n) is 11.6. The molecule has 4 nitrogen and oxygen atoms in total. The van der Waals surface area contributed by atoms with E-state index in [1.165, 1.54) is 31.5 Å². The Morgan fingerprint density at radius 1 is 1.18 bits per heavy atom. The van der Waals surface area contributed by atoms with Crippen molar-refractivity contribution in [2.75, 3.05) is 0 Å². The summed E-state index contributed by atoms with van der Waals surface area (Å²) in [7, 11) is 0. The number of hydrogen-bond donors (Lipinski definition) is 1. The molecule has 0 atom stereocenters. The van der Waals surface area contributed by atoms with Gasteiger partial charge in [0.05, 0.1) is 16.8 Å². The summed E-state index contributed by atoms with van der Waals surface area (Å²) in [5.74, 6) is -0.487. The van der Waals surface area contributed by atoms with Crippen LogP contribution in [0.5, 0.6) is 0 Å². The first-order valence-corrected chi connectivity index (χ1v) is 6.30. The lowest BCUT2D eigenvalue weighted by Gasteiger charge is -2.08. The Balaban J connectivity index is 2.14. The molecular formula is C15H12F3N3O. The first-order chi connectivity index (χ1) is 10.4. The van der Waals surface area contributed by atoms with Crippen LogP contribution in [0, 0.1) is 0 Å². The standard InChI is InChI=1S/C15H12F3N3O/c1-10(11-4-2-6-13(8-11)15(16,17)18)20-21-14(22)12-5-3-7-19-9-12/h2-9H,1H3,(H,21,22)/b20-10-.